The van der Waals surface area contributed by atoms with Gasteiger partial charge in [0.25, 0.3) is 0 Å². The predicted molar refractivity (Wildman–Crippen MR) is 75.3 cm³/mol. The third kappa shape index (κ3) is 5.12. The lowest BCUT2D eigenvalue weighted by Crippen LogP contribution is -3.00. The fourth-order valence-corrected chi connectivity index (χ4v) is 2.26. The molecular weight excluding hydrogens is 276 g/mol. The third-order valence-electron chi connectivity index (χ3n) is 3.43. The predicted octanol–water partition coefficient (Wildman–Crippen LogP) is -1.52. The molecule has 0 spiro atoms. The van der Waals surface area contributed by atoms with Crippen molar-refractivity contribution in [3.05, 3.63) is 35.9 Å². The van der Waals surface area contributed by atoms with Crippen LogP contribution in [0.1, 0.15) is 17.3 Å². The highest BCUT2D eigenvalue weighted by Gasteiger charge is 2.18. The summed E-state index contributed by atoms with van der Waals surface area (Å²) in [6.07, 6.45) is -0.0730. The van der Waals surface area contributed by atoms with E-state index < -0.39 is 0 Å². The van der Waals surface area contributed by atoms with Gasteiger partial charge in [-0.2, -0.15) is 0 Å². The summed E-state index contributed by atoms with van der Waals surface area (Å²) < 4.78 is 5.47. The zero-order valence-electron chi connectivity index (χ0n) is 12.1. The van der Waals surface area contributed by atoms with Crippen LogP contribution in [0.4, 0.5) is 0 Å². The summed E-state index contributed by atoms with van der Waals surface area (Å²) in [7, 11) is 2.14. The molecule has 20 heavy (non-hydrogen) atoms. The number of rotatable bonds is 4. The number of hydrogen-bond donors (Lipinski definition) is 0. The lowest BCUT2D eigenvalue weighted by molar-refractivity contribution is -0.0000467. The Kier molecular flexibility index (Phi) is 6.99. The number of hydrogen-bond acceptors (Lipinski definition) is 4. The number of nitrogens with zero attached hydrogens (tertiary/aromatic N) is 2. The topological polar surface area (TPSA) is 32.8 Å². The van der Waals surface area contributed by atoms with Gasteiger partial charge >= 0.3 is 5.97 Å². The van der Waals surface area contributed by atoms with Crippen LogP contribution in [-0.2, 0) is 4.74 Å². The van der Waals surface area contributed by atoms with E-state index in [9.17, 15) is 4.79 Å². The number of carbonyl (C=O) groups is 1. The minimum absolute atomic E-state index is 0. The molecule has 5 heteroatoms. The molecule has 1 aliphatic heterocycles. The molecule has 112 valence electrons. The smallest absolute Gasteiger partial charge is 0.338 e. The fourth-order valence-electron chi connectivity index (χ4n) is 2.26. The first kappa shape index (κ1) is 17.0. The average molecular weight is 298 g/mol. The van der Waals surface area contributed by atoms with Crippen molar-refractivity contribution in [3.63, 3.8) is 0 Å². The van der Waals surface area contributed by atoms with Gasteiger partial charge in [0.15, 0.2) is 0 Å². The highest BCUT2D eigenvalue weighted by molar-refractivity contribution is 5.89. The second-order valence-corrected chi connectivity index (χ2v) is 5.19. The van der Waals surface area contributed by atoms with Crippen molar-refractivity contribution in [3.8, 4) is 0 Å². The van der Waals surface area contributed by atoms with Gasteiger partial charge in [0.2, 0.25) is 0 Å². The molecule has 1 aliphatic rings. The summed E-state index contributed by atoms with van der Waals surface area (Å²) in [5.41, 5.74) is 0.618. The summed E-state index contributed by atoms with van der Waals surface area (Å²) in [5, 5.41) is 0. The molecule has 1 aromatic rings. The van der Waals surface area contributed by atoms with Gasteiger partial charge in [0.05, 0.1) is 5.56 Å². The number of piperazine rings is 1. The lowest BCUT2D eigenvalue weighted by atomic mass is 10.2. The van der Waals surface area contributed by atoms with Crippen molar-refractivity contribution in [2.45, 2.75) is 13.0 Å². The molecule has 0 aromatic heterocycles. The molecule has 1 atom stereocenters. The molecule has 0 aliphatic carbocycles. The molecule has 1 heterocycles. The molecule has 0 N–H and O–H groups in total. The minimum Gasteiger partial charge on any atom is -1.00 e. The SMILES string of the molecule is CC(CN1CCN(C)CC1)OC(=O)c1ccccc1.[Cl-]. The van der Waals surface area contributed by atoms with Crippen molar-refractivity contribution in [2.24, 2.45) is 0 Å². The quantitative estimate of drug-likeness (QED) is 0.632. The van der Waals surface area contributed by atoms with Crippen LogP contribution in [0.2, 0.25) is 0 Å². The van der Waals surface area contributed by atoms with Gasteiger partial charge in [-0.05, 0) is 26.1 Å². The summed E-state index contributed by atoms with van der Waals surface area (Å²) in [5.74, 6) is -0.234. The standard InChI is InChI=1S/C15H22N2O2.ClH/c1-13(12-17-10-8-16(2)9-11-17)19-15(18)14-6-4-3-5-7-14;/h3-7,13H,8-12H2,1-2H3;1H/p-1. The Morgan fingerprint density at radius 1 is 1.20 bits per heavy atom. The Bertz CT molecular complexity index is 406. The minimum atomic E-state index is -0.234. The number of esters is 1. The summed E-state index contributed by atoms with van der Waals surface area (Å²) >= 11 is 0. The Morgan fingerprint density at radius 3 is 2.40 bits per heavy atom. The Morgan fingerprint density at radius 2 is 1.80 bits per heavy atom. The van der Waals surface area contributed by atoms with Gasteiger partial charge < -0.3 is 22.0 Å². The molecule has 0 bridgehead atoms. The third-order valence-corrected chi connectivity index (χ3v) is 3.43. The van der Waals surface area contributed by atoms with Crippen molar-refractivity contribution in [2.75, 3.05) is 39.8 Å². The van der Waals surface area contributed by atoms with Crippen molar-refractivity contribution >= 4 is 5.97 Å². The van der Waals surface area contributed by atoms with E-state index in [-0.39, 0.29) is 24.5 Å². The van der Waals surface area contributed by atoms with E-state index in [4.69, 9.17) is 4.74 Å². The molecule has 1 aromatic carbocycles. The van der Waals surface area contributed by atoms with Crippen LogP contribution in [0.15, 0.2) is 30.3 Å². The maximum atomic E-state index is 11.9. The van der Waals surface area contributed by atoms with Crippen molar-refractivity contribution < 1.29 is 21.9 Å². The molecule has 2 rings (SSSR count). The van der Waals surface area contributed by atoms with Gasteiger partial charge in [-0.15, -0.1) is 0 Å². The largest absolute Gasteiger partial charge is 1.00 e. The highest BCUT2D eigenvalue weighted by atomic mass is 35.5. The maximum absolute atomic E-state index is 11.9. The van der Waals surface area contributed by atoms with Gasteiger partial charge in [-0.1, -0.05) is 18.2 Å². The van der Waals surface area contributed by atoms with Crippen LogP contribution in [0, 0.1) is 0 Å². The van der Waals surface area contributed by atoms with E-state index in [1.165, 1.54) is 0 Å². The van der Waals surface area contributed by atoms with E-state index in [1.54, 1.807) is 12.1 Å². The Balaban J connectivity index is 0.00000200. The Hall–Kier alpha value is -1.10. The zero-order chi connectivity index (χ0) is 13.7. The van der Waals surface area contributed by atoms with E-state index in [0.29, 0.717) is 5.56 Å². The van der Waals surface area contributed by atoms with Crippen LogP contribution >= 0.6 is 0 Å². The van der Waals surface area contributed by atoms with Gasteiger partial charge in [0.1, 0.15) is 6.10 Å². The molecule has 0 saturated carbocycles. The average Bonchev–Trinajstić information content (AvgIpc) is 2.42. The molecule has 1 saturated heterocycles. The van der Waals surface area contributed by atoms with E-state index in [2.05, 4.69) is 16.8 Å². The molecular formula is C15H22ClN2O2-. The number of halogens is 1. The van der Waals surface area contributed by atoms with E-state index in [1.807, 2.05) is 25.1 Å². The monoisotopic (exact) mass is 297 g/mol. The summed E-state index contributed by atoms with van der Waals surface area (Å²) in [6.45, 7) is 7.03. The van der Waals surface area contributed by atoms with Crippen LogP contribution in [0.25, 0.3) is 0 Å². The maximum Gasteiger partial charge on any atom is 0.338 e. The summed E-state index contributed by atoms with van der Waals surface area (Å²) in [6, 6.07) is 9.16. The first-order valence-corrected chi connectivity index (χ1v) is 6.82. The van der Waals surface area contributed by atoms with Gasteiger partial charge in [-0.25, -0.2) is 4.79 Å². The van der Waals surface area contributed by atoms with Crippen LogP contribution in [0.5, 0.6) is 0 Å². The molecule has 1 fully saturated rings. The Labute approximate surface area is 127 Å². The first-order valence-electron chi connectivity index (χ1n) is 6.82. The van der Waals surface area contributed by atoms with Crippen LogP contribution < -0.4 is 12.4 Å². The first-order chi connectivity index (χ1) is 9.15. The van der Waals surface area contributed by atoms with Gasteiger partial charge in [-0.3, -0.25) is 4.90 Å². The van der Waals surface area contributed by atoms with E-state index in [0.717, 1.165) is 32.7 Å². The summed E-state index contributed by atoms with van der Waals surface area (Å²) in [4.78, 5) is 16.6. The van der Waals surface area contributed by atoms with Crippen molar-refractivity contribution in [1.29, 1.82) is 0 Å². The molecule has 0 radical (unpaired) electrons. The number of carbonyl (C=O) groups excluding carboxylic acids is 1. The normalized spacial score (nSPS) is 18.1. The fraction of sp³-hybridized carbons (Fsp3) is 0.533. The van der Waals surface area contributed by atoms with Crippen LogP contribution in [-0.4, -0.2) is 61.6 Å². The molecule has 4 nitrogen and oxygen atoms in total. The van der Waals surface area contributed by atoms with Crippen LogP contribution in [0.3, 0.4) is 0 Å². The van der Waals surface area contributed by atoms with Crippen molar-refractivity contribution in [1.82, 2.24) is 9.80 Å². The second kappa shape index (κ2) is 8.25. The van der Waals surface area contributed by atoms with Gasteiger partial charge in [0, 0.05) is 32.7 Å². The highest BCUT2D eigenvalue weighted by Crippen LogP contribution is 2.06. The van der Waals surface area contributed by atoms with E-state index >= 15 is 0 Å². The lowest BCUT2D eigenvalue weighted by Gasteiger charge is -2.33. The second-order valence-electron chi connectivity index (χ2n) is 5.19. The number of benzene rings is 1. The molecule has 0 amide bonds. The number of likely N-dealkylation sites (N-methyl/N-ethyl adjacent to an activating group) is 1. The number of ether oxygens (including phenoxy) is 1. The zero-order valence-corrected chi connectivity index (χ0v) is 12.8. The molecule has 1 unspecified atom stereocenters.